The van der Waals surface area contributed by atoms with E-state index >= 15 is 0 Å². The monoisotopic (exact) mass is 300 g/mol. The fraction of sp³-hybridized carbons (Fsp3) is 0.188. The summed E-state index contributed by atoms with van der Waals surface area (Å²) >= 11 is 0. The van der Waals surface area contributed by atoms with Crippen LogP contribution in [0.2, 0.25) is 0 Å². The summed E-state index contributed by atoms with van der Waals surface area (Å²) in [6.45, 7) is 2.73. The zero-order valence-electron chi connectivity index (χ0n) is 12.1. The Kier molecular flexibility index (Phi) is 5.48. The molecule has 0 fully saturated rings. The van der Waals surface area contributed by atoms with E-state index in [4.69, 9.17) is 9.57 Å². The fourth-order valence-corrected chi connectivity index (χ4v) is 1.79. The van der Waals surface area contributed by atoms with Crippen LogP contribution in [-0.2, 0) is 11.4 Å². The molecule has 0 unspecified atom stereocenters. The second-order valence-electron chi connectivity index (χ2n) is 4.40. The maximum atomic E-state index is 10.6. The summed E-state index contributed by atoms with van der Waals surface area (Å²) in [5, 5.41) is 14.5. The number of nitrogens with zero attached hydrogens (tertiary/aromatic N) is 2. The Morgan fingerprint density at radius 3 is 2.59 bits per heavy atom. The molecule has 0 heterocycles. The maximum Gasteiger partial charge on any atom is 0.269 e. The van der Waals surface area contributed by atoms with Crippen LogP contribution in [0, 0.1) is 10.1 Å². The number of benzene rings is 2. The molecule has 114 valence electrons. The summed E-state index contributed by atoms with van der Waals surface area (Å²) < 4.78 is 5.48. The summed E-state index contributed by atoms with van der Waals surface area (Å²) in [7, 11) is 0. The average Bonchev–Trinajstić information content (AvgIpc) is 2.53. The molecule has 0 aliphatic rings. The molecule has 6 nitrogen and oxygen atoms in total. The van der Waals surface area contributed by atoms with Crippen molar-refractivity contribution in [2.45, 2.75) is 13.5 Å². The van der Waals surface area contributed by atoms with Crippen LogP contribution < -0.4 is 4.74 Å². The minimum absolute atomic E-state index is 0.0536. The van der Waals surface area contributed by atoms with Crippen LogP contribution in [-0.4, -0.2) is 17.7 Å². The molecule has 0 N–H and O–H groups in total. The van der Waals surface area contributed by atoms with E-state index in [0.29, 0.717) is 6.61 Å². The number of ether oxygens (including phenoxy) is 1. The highest BCUT2D eigenvalue weighted by molar-refractivity contribution is 5.83. The topological polar surface area (TPSA) is 74.0 Å². The third kappa shape index (κ3) is 4.31. The lowest BCUT2D eigenvalue weighted by Crippen LogP contribution is -1.96. The predicted octanol–water partition coefficient (Wildman–Crippen LogP) is 3.54. The van der Waals surface area contributed by atoms with Gasteiger partial charge in [-0.05, 0) is 36.8 Å². The SMILES string of the molecule is CCOc1ccccc1C=NOCc1ccc([N+](=O)[O-])cc1. The van der Waals surface area contributed by atoms with Crippen LogP contribution in [0.1, 0.15) is 18.1 Å². The first-order valence-electron chi connectivity index (χ1n) is 6.81. The van der Waals surface area contributed by atoms with Gasteiger partial charge in [-0.2, -0.15) is 0 Å². The number of nitro benzene ring substituents is 1. The number of non-ortho nitro benzene ring substituents is 1. The summed E-state index contributed by atoms with van der Waals surface area (Å²) in [5.74, 6) is 0.743. The van der Waals surface area contributed by atoms with Crippen molar-refractivity contribution in [2.75, 3.05) is 6.61 Å². The summed E-state index contributed by atoms with van der Waals surface area (Å²) in [4.78, 5) is 15.3. The molecule has 0 atom stereocenters. The van der Waals surface area contributed by atoms with Crippen LogP contribution in [0.25, 0.3) is 0 Å². The molecule has 0 radical (unpaired) electrons. The van der Waals surface area contributed by atoms with E-state index in [-0.39, 0.29) is 12.3 Å². The summed E-state index contributed by atoms with van der Waals surface area (Å²) in [6.07, 6.45) is 1.58. The molecule has 0 amide bonds. The van der Waals surface area contributed by atoms with Crippen molar-refractivity contribution in [3.8, 4) is 5.75 Å². The molecule has 0 saturated carbocycles. The number of para-hydroxylation sites is 1. The molecule has 0 bridgehead atoms. The number of nitro groups is 1. The molecule has 2 rings (SSSR count). The Bertz CT molecular complexity index is 653. The molecule has 0 aromatic heterocycles. The molecular weight excluding hydrogens is 284 g/mol. The van der Waals surface area contributed by atoms with Crippen LogP contribution >= 0.6 is 0 Å². The molecule has 6 heteroatoms. The number of rotatable bonds is 7. The second kappa shape index (κ2) is 7.78. The largest absolute Gasteiger partial charge is 0.493 e. The average molecular weight is 300 g/mol. The minimum atomic E-state index is -0.437. The Balaban J connectivity index is 1.91. The minimum Gasteiger partial charge on any atom is -0.493 e. The zero-order chi connectivity index (χ0) is 15.8. The van der Waals surface area contributed by atoms with Gasteiger partial charge < -0.3 is 9.57 Å². The molecule has 2 aromatic carbocycles. The maximum absolute atomic E-state index is 10.6. The van der Waals surface area contributed by atoms with Gasteiger partial charge in [0.15, 0.2) is 0 Å². The van der Waals surface area contributed by atoms with Gasteiger partial charge in [-0.25, -0.2) is 0 Å². The van der Waals surface area contributed by atoms with Crippen molar-refractivity contribution in [2.24, 2.45) is 5.16 Å². The quantitative estimate of drug-likeness (QED) is 0.445. The molecular formula is C16H16N2O4. The lowest BCUT2D eigenvalue weighted by Gasteiger charge is -2.05. The normalized spacial score (nSPS) is 10.6. The van der Waals surface area contributed by atoms with Crippen LogP contribution in [0.5, 0.6) is 5.75 Å². The molecule has 0 aliphatic heterocycles. The van der Waals surface area contributed by atoms with Gasteiger partial charge in [-0.3, -0.25) is 10.1 Å². The Morgan fingerprint density at radius 2 is 1.91 bits per heavy atom. The molecule has 0 spiro atoms. The van der Waals surface area contributed by atoms with Crippen LogP contribution in [0.4, 0.5) is 5.69 Å². The summed E-state index contributed by atoms with van der Waals surface area (Å²) in [6, 6.07) is 13.7. The fourth-order valence-electron chi connectivity index (χ4n) is 1.79. The van der Waals surface area contributed by atoms with Gasteiger partial charge in [0.2, 0.25) is 0 Å². The Morgan fingerprint density at radius 1 is 1.18 bits per heavy atom. The molecule has 0 saturated heterocycles. The highest BCUT2D eigenvalue weighted by Crippen LogP contribution is 2.16. The van der Waals surface area contributed by atoms with E-state index in [1.165, 1.54) is 12.1 Å². The van der Waals surface area contributed by atoms with E-state index in [9.17, 15) is 10.1 Å². The van der Waals surface area contributed by atoms with E-state index in [1.807, 2.05) is 31.2 Å². The lowest BCUT2D eigenvalue weighted by atomic mass is 10.2. The molecule has 2 aromatic rings. The second-order valence-corrected chi connectivity index (χ2v) is 4.40. The molecule has 22 heavy (non-hydrogen) atoms. The number of oxime groups is 1. The van der Waals surface area contributed by atoms with Gasteiger partial charge in [0.25, 0.3) is 5.69 Å². The standard InChI is InChI=1S/C16H16N2O4/c1-2-21-16-6-4-3-5-14(16)11-17-22-12-13-7-9-15(10-8-13)18(19)20/h3-11H,2,12H2,1H3. The van der Waals surface area contributed by atoms with E-state index in [2.05, 4.69) is 5.16 Å². The van der Waals surface area contributed by atoms with Crippen molar-refractivity contribution in [3.05, 3.63) is 69.8 Å². The van der Waals surface area contributed by atoms with Crippen molar-refractivity contribution in [1.82, 2.24) is 0 Å². The van der Waals surface area contributed by atoms with Crippen LogP contribution in [0.15, 0.2) is 53.7 Å². The number of hydrogen-bond donors (Lipinski definition) is 0. The summed E-state index contributed by atoms with van der Waals surface area (Å²) in [5.41, 5.74) is 1.69. The van der Waals surface area contributed by atoms with Crippen molar-refractivity contribution >= 4 is 11.9 Å². The molecule has 0 aliphatic carbocycles. The van der Waals surface area contributed by atoms with Gasteiger partial charge in [0, 0.05) is 17.7 Å². The lowest BCUT2D eigenvalue weighted by molar-refractivity contribution is -0.384. The van der Waals surface area contributed by atoms with Gasteiger partial charge in [-0.1, -0.05) is 17.3 Å². The van der Waals surface area contributed by atoms with Crippen molar-refractivity contribution in [3.63, 3.8) is 0 Å². The predicted molar refractivity (Wildman–Crippen MR) is 83.1 cm³/mol. The van der Waals surface area contributed by atoms with Gasteiger partial charge >= 0.3 is 0 Å². The van der Waals surface area contributed by atoms with Crippen molar-refractivity contribution < 1.29 is 14.5 Å². The van der Waals surface area contributed by atoms with E-state index in [1.54, 1.807) is 18.3 Å². The zero-order valence-corrected chi connectivity index (χ0v) is 12.1. The Hall–Kier alpha value is -2.89. The van der Waals surface area contributed by atoms with Gasteiger partial charge in [0.05, 0.1) is 17.7 Å². The number of hydrogen-bond acceptors (Lipinski definition) is 5. The third-order valence-corrected chi connectivity index (χ3v) is 2.86. The third-order valence-electron chi connectivity index (χ3n) is 2.86. The van der Waals surface area contributed by atoms with Gasteiger partial charge in [-0.15, -0.1) is 0 Å². The van der Waals surface area contributed by atoms with E-state index < -0.39 is 4.92 Å². The van der Waals surface area contributed by atoms with Gasteiger partial charge in [0.1, 0.15) is 12.4 Å². The van der Waals surface area contributed by atoms with Crippen LogP contribution in [0.3, 0.4) is 0 Å². The smallest absolute Gasteiger partial charge is 0.269 e. The van der Waals surface area contributed by atoms with E-state index in [0.717, 1.165) is 16.9 Å². The van der Waals surface area contributed by atoms with Crippen molar-refractivity contribution in [1.29, 1.82) is 0 Å². The highest BCUT2D eigenvalue weighted by atomic mass is 16.6. The Labute approximate surface area is 128 Å². The first-order valence-corrected chi connectivity index (χ1v) is 6.81. The highest BCUT2D eigenvalue weighted by Gasteiger charge is 2.04. The first-order chi connectivity index (χ1) is 10.7. The first kappa shape index (κ1) is 15.5.